The minimum Gasteiger partial charge on any atom is -0.348 e. The Labute approximate surface area is 121 Å². The molecular formula is C14H17BrClNO. The number of nitrogens with one attached hydrogen (secondary N) is 1. The van der Waals surface area contributed by atoms with E-state index in [4.69, 9.17) is 11.6 Å². The van der Waals surface area contributed by atoms with Crippen LogP contribution in [-0.2, 0) is 0 Å². The zero-order valence-corrected chi connectivity index (χ0v) is 12.7. The Balaban J connectivity index is 2.07. The highest BCUT2D eigenvalue weighted by Crippen LogP contribution is 2.24. The van der Waals surface area contributed by atoms with Crippen LogP contribution in [0.5, 0.6) is 0 Å². The van der Waals surface area contributed by atoms with E-state index in [0.717, 1.165) is 41.3 Å². The van der Waals surface area contributed by atoms with Crippen molar-refractivity contribution < 1.29 is 4.79 Å². The first kappa shape index (κ1) is 13.9. The summed E-state index contributed by atoms with van der Waals surface area (Å²) in [5.74, 6) is -0.0162. The van der Waals surface area contributed by atoms with Crippen molar-refractivity contribution in [3.8, 4) is 0 Å². The number of carbonyl (C=O) groups is 1. The first-order valence-electron chi connectivity index (χ1n) is 6.29. The normalized spacial score (nSPS) is 23.7. The minimum absolute atomic E-state index is 0.0162. The maximum absolute atomic E-state index is 12.2. The van der Waals surface area contributed by atoms with Gasteiger partial charge >= 0.3 is 0 Å². The topological polar surface area (TPSA) is 29.1 Å². The number of aryl methyl sites for hydroxylation is 1. The molecule has 2 atom stereocenters. The van der Waals surface area contributed by atoms with Gasteiger partial charge in [-0.15, -0.1) is 11.6 Å². The molecule has 1 aliphatic carbocycles. The van der Waals surface area contributed by atoms with E-state index in [1.165, 1.54) is 0 Å². The van der Waals surface area contributed by atoms with E-state index >= 15 is 0 Å². The molecule has 1 aliphatic rings. The van der Waals surface area contributed by atoms with Gasteiger partial charge in [-0.3, -0.25) is 4.79 Å². The number of hydrogen-bond donors (Lipinski definition) is 1. The summed E-state index contributed by atoms with van der Waals surface area (Å²) >= 11 is 9.66. The molecule has 2 unspecified atom stereocenters. The second-order valence-electron chi connectivity index (χ2n) is 4.84. The Morgan fingerprint density at radius 3 is 2.78 bits per heavy atom. The minimum atomic E-state index is -0.0162. The van der Waals surface area contributed by atoms with Gasteiger partial charge in [0.05, 0.1) is 5.38 Å². The SMILES string of the molecule is Cc1cc(Br)ccc1C(=O)NC1CCCCC1Cl. The van der Waals surface area contributed by atoms with E-state index in [0.29, 0.717) is 0 Å². The molecule has 1 aromatic carbocycles. The fourth-order valence-corrected chi connectivity index (χ4v) is 3.20. The second kappa shape index (κ2) is 6.07. The van der Waals surface area contributed by atoms with Gasteiger partial charge in [0.1, 0.15) is 0 Å². The van der Waals surface area contributed by atoms with Crippen LogP contribution in [0.1, 0.15) is 41.6 Å². The smallest absolute Gasteiger partial charge is 0.251 e. The average Bonchev–Trinajstić information content (AvgIpc) is 2.32. The predicted octanol–water partition coefficient (Wildman–Crippen LogP) is 4.04. The summed E-state index contributed by atoms with van der Waals surface area (Å²) in [5, 5.41) is 3.13. The summed E-state index contributed by atoms with van der Waals surface area (Å²) < 4.78 is 0.990. The third kappa shape index (κ3) is 3.27. The van der Waals surface area contributed by atoms with Gasteiger partial charge in [-0.2, -0.15) is 0 Å². The van der Waals surface area contributed by atoms with Crippen LogP contribution in [0.15, 0.2) is 22.7 Å². The maximum atomic E-state index is 12.2. The molecule has 2 nitrogen and oxygen atoms in total. The van der Waals surface area contributed by atoms with E-state index < -0.39 is 0 Å². The van der Waals surface area contributed by atoms with E-state index in [1.807, 2.05) is 25.1 Å². The van der Waals surface area contributed by atoms with Crippen molar-refractivity contribution in [3.05, 3.63) is 33.8 Å². The van der Waals surface area contributed by atoms with Crippen LogP contribution >= 0.6 is 27.5 Å². The molecule has 98 valence electrons. The van der Waals surface area contributed by atoms with E-state index in [1.54, 1.807) is 0 Å². The van der Waals surface area contributed by atoms with Crippen LogP contribution in [0, 0.1) is 6.92 Å². The van der Waals surface area contributed by atoms with Crippen LogP contribution in [0.25, 0.3) is 0 Å². The van der Waals surface area contributed by atoms with Gasteiger partial charge < -0.3 is 5.32 Å². The van der Waals surface area contributed by atoms with Crippen molar-refractivity contribution in [1.29, 1.82) is 0 Å². The van der Waals surface area contributed by atoms with Crippen molar-refractivity contribution >= 4 is 33.4 Å². The average molecular weight is 331 g/mol. The van der Waals surface area contributed by atoms with Crippen molar-refractivity contribution in [2.24, 2.45) is 0 Å². The number of hydrogen-bond acceptors (Lipinski definition) is 1. The number of carbonyl (C=O) groups excluding carboxylic acids is 1. The molecule has 0 aliphatic heterocycles. The fraction of sp³-hybridized carbons (Fsp3) is 0.500. The third-order valence-electron chi connectivity index (χ3n) is 3.43. The van der Waals surface area contributed by atoms with Crippen LogP contribution in [0.3, 0.4) is 0 Å². The Morgan fingerprint density at radius 2 is 2.11 bits per heavy atom. The van der Waals surface area contributed by atoms with Gasteiger partial charge in [0.15, 0.2) is 0 Å². The fourth-order valence-electron chi connectivity index (χ4n) is 2.38. The number of amides is 1. The summed E-state index contributed by atoms with van der Waals surface area (Å²) in [5.41, 5.74) is 1.71. The van der Waals surface area contributed by atoms with Crippen LogP contribution in [-0.4, -0.2) is 17.3 Å². The largest absolute Gasteiger partial charge is 0.348 e. The summed E-state index contributed by atoms with van der Waals surface area (Å²) in [6.07, 6.45) is 4.28. The molecule has 1 aromatic rings. The Hall–Kier alpha value is -0.540. The van der Waals surface area contributed by atoms with Crippen LogP contribution in [0.2, 0.25) is 0 Å². The van der Waals surface area contributed by atoms with Crippen molar-refractivity contribution in [1.82, 2.24) is 5.32 Å². The van der Waals surface area contributed by atoms with Crippen molar-refractivity contribution in [3.63, 3.8) is 0 Å². The zero-order valence-electron chi connectivity index (χ0n) is 10.4. The Bertz CT molecular complexity index is 449. The molecular weight excluding hydrogens is 314 g/mol. The Morgan fingerprint density at radius 1 is 1.39 bits per heavy atom. The Kier molecular flexibility index (Phi) is 4.68. The van der Waals surface area contributed by atoms with Crippen molar-refractivity contribution in [2.75, 3.05) is 0 Å². The molecule has 0 aromatic heterocycles. The van der Waals surface area contributed by atoms with E-state index in [9.17, 15) is 4.79 Å². The lowest BCUT2D eigenvalue weighted by atomic mass is 9.94. The summed E-state index contributed by atoms with van der Waals surface area (Å²) in [6.45, 7) is 1.94. The van der Waals surface area contributed by atoms with Gasteiger partial charge in [-0.25, -0.2) is 0 Å². The molecule has 1 fully saturated rings. The van der Waals surface area contributed by atoms with Gasteiger partial charge in [0, 0.05) is 16.1 Å². The molecule has 2 rings (SSSR count). The highest BCUT2D eigenvalue weighted by Gasteiger charge is 2.25. The zero-order chi connectivity index (χ0) is 13.1. The lowest BCUT2D eigenvalue weighted by Crippen LogP contribution is -2.43. The van der Waals surface area contributed by atoms with Gasteiger partial charge in [-0.05, 0) is 43.5 Å². The molecule has 0 saturated heterocycles. The monoisotopic (exact) mass is 329 g/mol. The standard InChI is InChI=1S/C14H17BrClNO/c1-9-8-10(15)6-7-11(9)14(18)17-13-5-3-2-4-12(13)16/h6-8,12-13H,2-5H2,1H3,(H,17,18). The molecule has 18 heavy (non-hydrogen) atoms. The molecule has 0 spiro atoms. The maximum Gasteiger partial charge on any atom is 0.251 e. The van der Waals surface area contributed by atoms with Crippen LogP contribution in [0.4, 0.5) is 0 Å². The molecule has 1 amide bonds. The van der Waals surface area contributed by atoms with Crippen LogP contribution < -0.4 is 5.32 Å². The first-order valence-corrected chi connectivity index (χ1v) is 7.52. The summed E-state index contributed by atoms with van der Waals surface area (Å²) in [4.78, 5) is 12.2. The number of alkyl halides is 1. The molecule has 1 saturated carbocycles. The quantitative estimate of drug-likeness (QED) is 0.815. The first-order chi connectivity index (χ1) is 8.58. The molecule has 1 N–H and O–H groups in total. The number of benzene rings is 1. The number of rotatable bonds is 2. The molecule has 4 heteroatoms. The third-order valence-corrected chi connectivity index (χ3v) is 4.45. The highest BCUT2D eigenvalue weighted by molar-refractivity contribution is 9.10. The van der Waals surface area contributed by atoms with Gasteiger partial charge in [0.2, 0.25) is 0 Å². The van der Waals surface area contributed by atoms with Crippen molar-refractivity contribution in [2.45, 2.75) is 44.0 Å². The van der Waals surface area contributed by atoms with E-state index in [2.05, 4.69) is 21.2 Å². The van der Waals surface area contributed by atoms with E-state index in [-0.39, 0.29) is 17.3 Å². The predicted molar refractivity (Wildman–Crippen MR) is 78.2 cm³/mol. The molecule has 0 radical (unpaired) electrons. The van der Waals surface area contributed by atoms with Gasteiger partial charge in [-0.1, -0.05) is 28.8 Å². The summed E-state index contributed by atoms with van der Waals surface area (Å²) in [7, 11) is 0. The summed E-state index contributed by atoms with van der Waals surface area (Å²) in [6, 6.07) is 5.80. The number of halogens is 2. The van der Waals surface area contributed by atoms with Gasteiger partial charge in [0.25, 0.3) is 5.91 Å². The lowest BCUT2D eigenvalue weighted by Gasteiger charge is -2.28. The second-order valence-corrected chi connectivity index (χ2v) is 6.32. The lowest BCUT2D eigenvalue weighted by molar-refractivity contribution is 0.0928. The molecule has 0 bridgehead atoms. The highest BCUT2D eigenvalue weighted by atomic mass is 79.9. The molecule has 0 heterocycles.